The van der Waals surface area contributed by atoms with Crippen LogP contribution in [0.2, 0.25) is 0 Å². The molecule has 0 aromatic heterocycles. The van der Waals surface area contributed by atoms with Gasteiger partial charge in [0.15, 0.2) is 0 Å². The molecule has 4 rings (SSSR count). The van der Waals surface area contributed by atoms with E-state index in [1.807, 2.05) is 0 Å². The Hall–Kier alpha value is -1.32. The highest BCUT2D eigenvalue weighted by atomic mass is 16.5. The molecule has 27 heavy (non-hydrogen) atoms. The van der Waals surface area contributed by atoms with Gasteiger partial charge in [-0.25, -0.2) is 0 Å². The smallest absolute Gasteiger partial charge is 0.302 e. The Morgan fingerprint density at radius 1 is 0.963 bits per heavy atom. The molecule has 4 nitrogen and oxygen atoms in total. The molecule has 0 aromatic rings. The van der Waals surface area contributed by atoms with Gasteiger partial charge >= 0.3 is 11.9 Å². The van der Waals surface area contributed by atoms with Crippen LogP contribution >= 0.6 is 0 Å². The number of carbonyl (C=O) groups is 2. The van der Waals surface area contributed by atoms with Crippen molar-refractivity contribution < 1.29 is 19.1 Å². The minimum absolute atomic E-state index is 0.0621. The van der Waals surface area contributed by atoms with Crippen LogP contribution < -0.4 is 0 Å². The fraction of sp³-hybridized carbons (Fsp3) is 0.826. The van der Waals surface area contributed by atoms with E-state index in [-0.39, 0.29) is 35.0 Å². The molecule has 7 atom stereocenters. The second kappa shape index (κ2) is 6.63. The summed E-state index contributed by atoms with van der Waals surface area (Å²) in [5.74, 6) is 1.77. The summed E-state index contributed by atoms with van der Waals surface area (Å²) in [5, 5.41) is 0. The van der Waals surface area contributed by atoms with E-state index in [4.69, 9.17) is 9.47 Å². The number of hydrogen-bond donors (Lipinski definition) is 0. The summed E-state index contributed by atoms with van der Waals surface area (Å²) in [4.78, 5) is 22.9. The van der Waals surface area contributed by atoms with Crippen LogP contribution in [-0.2, 0) is 19.1 Å². The topological polar surface area (TPSA) is 52.6 Å². The van der Waals surface area contributed by atoms with E-state index in [0.29, 0.717) is 17.8 Å². The maximum absolute atomic E-state index is 11.6. The molecule has 0 saturated heterocycles. The van der Waals surface area contributed by atoms with Crippen molar-refractivity contribution >= 4 is 11.9 Å². The summed E-state index contributed by atoms with van der Waals surface area (Å²) in [6.07, 6.45) is 11.4. The van der Waals surface area contributed by atoms with Gasteiger partial charge in [-0.15, -0.1) is 0 Å². The molecule has 3 fully saturated rings. The van der Waals surface area contributed by atoms with E-state index in [2.05, 4.69) is 19.9 Å². The van der Waals surface area contributed by atoms with E-state index in [9.17, 15) is 9.59 Å². The fourth-order valence-electron chi connectivity index (χ4n) is 7.31. The Labute approximate surface area is 163 Å². The molecule has 0 unspecified atom stereocenters. The van der Waals surface area contributed by atoms with Crippen LogP contribution in [0.1, 0.15) is 79.1 Å². The Morgan fingerprint density at radius 2 is 1.70 bits per heavy atom. The Balaban J connectivity index is 1.55. The number of hydrogen-bond acceptors (Lipinski definition) is 4. The van der Waals surface area contributed by atoms with Gasteiger partial charge in [-0.05, 0) is 68.1 Å². The maximum Gasteiger partial charge on any atom is 0.302 e. The summed E-state index contributed by atoms with van der Waals surface area (Å²) in [7, 11) is 0. The average molecular weight is 375 g/mol. The van der Waals surface area contributed by atoms with Crippen LogP contribution in [0, 0.1) is 28.6 Å². The van der Waals surface area contributed by atoms with Gasteiger partial charge in [-0.3, -0.25) is 9.59 Å². The second-order valence-electron chi connectivity index (χ2n) is 9.95. The molecule has 4 heteroatoms. The van der Waals surface area contributed by atoms with Gasteiger partial charge in [0.2, 0.25) is 0 Å². The average Bonchev–Trinajstić information content (AvgIpc) is 2.91. The Kier molecular flexibility index (Phi) is 4.67. The van der Waals surface area contributed by atoms with Crippen molar-refractivity contribution in [1.29, 1.82) is 0 Å². The first-order chi connectivity index (χ1) is 12.7. The van der Waals surface area contributed by atoms with Crippen molar-refractivity contribution in [3.05, 3.63) is 11.6 Å². The maximum atomic E-state index is 11.6. The van der Waals surface area contributed by atoms with Crippen LogP contribution in [0.15, 0.2) is 11.6 Å². The SMILES string of the molecule is CC(=O)O[C@H]1CC[C@@]2(C)C(=CC[C@@H]3[C@H]4CC[C@@H](OC(C)=O)[C@@]4(C)CC[C@H]32)C1. The first kappa shape index (κ1) is 19.0. The largest absolute Gasteiger partial charge is 0.462 e. The summed E-state index contributed by atoms with van der Waals surface area (Å²) in [5.41, 5.74) is 1.92. The minimum atomic E-state index is -0.159. The third-order valence-electron chi connectivity index (χ3n) is 8.61. The quantitative estimate of drug-likeness (QED) is 0.514. The summed E-state index contributed by atoms with van der Waals surface area (Å²) in [6, 6.07) is 0. The molecule has 0 N–H and O–H groups in total. The molecule has 0 aliphatic heterocycles. The van der Waals surface area contributed by atoms with Crippen molar-refractivity contribution in [2.75, 3.05) is 0 Å². The zero-order chi connectivity index (χ0) is 19.4. The summed E-state index contributed by atoms with van der Waals surface area (Å²) >= 11 is 0. The zero-order valence-electron chi connectivity index (χ0n) is 17.3. The number of ether oxygens (including phenoxy) is 2. The number of allylic oxidation sites excluding steroid dienone is 1. The van der Waals surface area contributed by atoms with E-state index < -0.39 is 0 Å². The van der Waals surface area contributed by atoms with Crippen molar-refractivity contribution in [3.63, 3.8) is 0 Å². The number of esters is 2. The molecule has 0 amide bonds. The second-order valence-corrected chi connectivity index (χ2v) is 9.95. The normalized spacial score (nSPS) is 45.8. The molecular weight excluding hydrogens is 340 g/mol. The van der Waals surface area contributed by atoms with Crippen LogP contribution in [0.25, 0.3) is 0 Å². The third kappa shape index (κ3) is 3.03. The predicted octanol–water partition coefficient (Wildman–Crippen LogP) is 4.81. The van der Waals surface area contributed by atoms with Gasteiger partial charge in [0.25, 0.3) is 0 Å². The zero-order valence-corrected chi connectivity index (χ0v) is 17.3. The van der Waals surface area contributed by atoms with E-state index in [1.165, 1.54) is 25.3 Å². The lowest BCUT2D eigenvalue weighted by atomic mass is 9.48. The van der Waals surface area contributed by atoms with Crippen molar-refractivity contribution in [2.24, 2.45) is 28.6 Å². The van der Waals surface area contributed by atoms with Crippen LogP contribution in [0.3, 0.4) is 0 Å². The molecule has 0 radical (unpaired) electrons. The first-order valence-electron chi connectivity index (χ1n) is 10.8. The van der Waals surface area contributed by atoms with Crippen molar-refractivity contribution in [2.45, 2.75) is 91.3 Å². The molecule has 4 aliphatic carbocycles. The highest BCUT2D eigenvalue weighted by molar-refractivity contribution is 5.66. The molecular formula is C23H34O4. The monoisotopic (exact) mass is 374 g/mol. The van der Waals surface area contributed by atoms with E-state index in [0.717, 1.165) is 38.5 Å². The van der Waals surface area contributed by atoms with Crippen LogP contribution in [-0.4, -0.2) is 24.1 Å². The molecule has 4 aliphatic rings. The molecule has 150 valence electrons. The summed E-state index contributed by atoms with van der Waals surface area (Å²) in [6.45, 7) is 7.88. The highest BCUT2D eigenvalue weighted by Gasteiger charge is 2.59. The lowest BCUT2D eigenvalue weighted by molar-refractivity contribution is -0.157. The predicted molar refractivity (Wildman–Crippen MR) is 103 cm³/mol. The Bertz CT molecular complexity index is 667. The molecule has 3 saturated carbocycles. The van der Waals surface area contributed by atoms with Crippen LogP contribution in [0.5, 0.6) is 0 Å². The lowest BCUT2D eigenvalue weighted by Crippen LogP contribution is -2.51. The van der Waals surface area contributed by atoms with Gasteiger partial charge in [0.05, 0.1) is 0 Å². The molecule has 0 spiro atoms. The van der Waals surface area contributed by atoms with Gasteiger partial charge < -0.3 is 9.47 Å². The summed E-state index contributed by atoms with van der Waals surface area (Å²) < 4.78 is 11.3. The van der Waals surface area contributed by atoms with Gasteiger partial charge in [-0.2, -0.15) is 0 Å². The number of rotatable bonds is 2. The van der Waals surface area contributed by atoms with Gasteiger partial charge in [0, 0.05) is 25.7 Å². The van der Waals surface area contributed by atoms with Crippen molar-refractivity contribution in [3.8, 4) is 0 Å². The standard InChI is InChI=1S/C23H34O4/c1-14(24)26-17-9-11-22(3)16(13-17)5-6-18-19-7-8-21(27-15(2)25)23(19,4)12-10-20(18)22/h5,17-21H,6-13H2,1-4H3/t17-,18+,19+,20+,21+,22-,23-/m0/s1. The van der Waals surface area contributed by atoms with Crippen molar-refractivity contribution in [1.82, 2.24) is 0 Å². The third-order valence-corrected chi connectivity index (χ3v) is 8.61. The molecule has 0 heterocycles. The Morgan fingerprint density at radius 3 is 2.41 bits per heavy atom. The minimum Gasteiger partial charge on any atom is -0.462 e. The van der Waals surface area contributed by atoms with Crippen LogP contribution in [0.4, 0.5) is 0 Å². The highest BCUT2D eigenvalue weighted by Crippen LogP contribution is 2.65. The first-order valence-corrected chi connectivity index (χ1v) is 10.8. The fourth-order valence-corrected chi connectivity index (χ4v) is 7.31. The molecule has 0 bridgehead atoms. The van der Waals surface area contributed by atoms with Gasteiger partial charge in [0.1, 0.15) is 12.2 Å². The lowest BCUT2D eigenvalue weighted by Gasteiger charge is -2.57. The molecule has 0 aromatic carbocycles. The van der Waals surface area contributed by atoms with E-state index in [1.54, 1.807) is 6.92 Å². The van der Waals surface area contributed by atoms with E-state index >= 15 is 0 Å². The number of carbonyl (C=O) groups excluding carboxylic acids is 2. The number of fused-ring (bicyclic) bond motifs is 5. The van der Waals surface area contributed by atoms with Gasteiger partial charge in [-0.1, -0.05) is 25.5 Å².